The highest BCUT2D eigenvalue weighted by Crippen LogP contribution is 2.46. The van der Waals surface area contributed by atoms with Crippen LogP contribution >= 0.6 is 0 Å². The number of fused-ring (bicyclic) bond motifs is 5. The van der Waals surface area contributed by atoms with Gasteiger partial charge in [-0.25, -0.2) is 8.42 Å². The topological polar surface area (TPSA) is 34.1 Å². The van der Waals surface area contributed by atoms with Crippen molar-refractivity contribution in [2.75, 3.05) is 0 Å². The zero-order valence-corrected chi connectivity index (χ0v) is 17.4. The standard InChI is InChI=1S/C26H24O2S/c1-2-18-13-17-25(29(27,28)20-9-4-3-5-10-20)24-16-15-22-21-11-7-6-8-19(21)12-14-23(22)26(18)24/h3-11,15-18H,2,12-14H2,1H3. The summed E-state index contributed by atoms with van der Waals surface area (Å²) in [6.07, 6.45) is 5.73. The minimum atomic E-state index is -3.53. The highest BCUT2D eigenvalue weighted by molar-refractivity contribution is 8.00. The first-order valence-corrected chi connectivity index (χ1v) is 11.8. The molecule has 3 heteroatoms. The van der Waals surface area contributed by atoms with Crippen molar-refractivity contribution >= 4 is 14.7 Å². The largest absolute Gasteiger partial charge is 0.219 e. The van der Waals surface area contributed by atoms with Crippen molar-refractivity contribution in [3.63, 3.8) is 0 Å². The molecule has 0 spiro atoms. The third-order valence-corrected chi connectivity index (χ3v) is 8.26. The van der Waals surface area contributed by atoms with Gasteiger partial charge in [-0.05, 0) is 77.1 Å². The summed E-state index contributed by atoms with van der Waals surface area (Å²) in [7, 11) is -3.53. The fraction of sp³-hybridized carbons (Fsp3) is 0.231. The first-order valence-electron chi connectivity index (χ1n) is 10.4. The second kappa shape index (κ2) is 7.00. The highest BCUT2D eigenvalue weighted by Gasteiger charge is 2.33. The third-order valence-electron chi connectivity index (χ3n) is 6.41. The van der Waals surface area contributed by atoms with E-state index < -0.39 is 9.84 Å². The lowest BCUT2D eigenvalue weighted by molar-refractivity contribution is 0.604. The third kappa shape index (κ3) is 2.87. The molecule has 1 atom stereocenters. The molecule has 146 valence electrons. The summed E-state index contributed by atoms with van der Waals surface area (Å²) < 4.78 is 26.9. The summed E-state index contributed by atoms with van der Waals surface area (Å²) in [6.45, 7) is 2.20. The van der Waals surface area contributed by atoms with Crippen LogP contribution in [-0.2, 0) is 22.7 Å². The van der Waals surface area contributed by atoms with Crippen molar-refractivity contribution in [1.29, 1.82) is 0 Å². The van der Waals surface area contributed by atoms with Crippen LogP contribution in [-0.4, -0.2) is 8.42 Å². The van der Waals surface area contributed by atoms with Crippen molar-refractivity contribution in [3.8, 4) is 11.1 Å². The minimum absolute atomic E-state index is 0.371. The summed E-state index contributed by atoms with van der Waals surface area (Å²) in [4.78, 5) is 0.847. The van der Waals surface area contributed by atoms with Crippen LogP contribution in [0.25, 0.3) is 16.0 Å². The van der Waals surface area contributed by atoms with Crippen molar-refractivity contribution in [2.45, 2.75) is 43.4 Å². The zero-order chi connectivity index (χ0) is 20.0. The van der Waals surface area contributed by atoms with Gasteiger partial charge in [0.15, 0.2) is 0 Å². The van der Waals surface area contributed by atoms with Crippen molar-refractivity contribution < 1.29 is 8.42 Å². The Morgan fingerprint density at radius 2 is 1.55 bits per heavy atom. The van der Waals surface area contributed by atoms with E-state index in [1.807, 2.05) is 18.2 Å². The highest BCUT2D eigenvalue weighted by atomic mass is 32.2. The van der Waals surface area contributed by atoms with Crippen LogP contribution in [0.3, 0.4) is 0 Å². The molecule has 3 aromatic carbocycles. The number of allylic oxidation sites excluding steroid dienone is 1. The summed E-state index contributed by atoms with van der Waals surface area (Å²) in [5.41, 5.74) is 7.48. The maximum absolute atomic E-state index is 13.4. The molecule has 1 unspecified atom stereocenters. The second-order valence-electron chi connectivity index (χ2n) is 7.94. The lowest BCUT2D eigenvalue weighted by Gasteiger charge is -2.31. The Bertz CT molecular complexity index is 1220. The molecule has 3 aromatic rings. The zero-order valence-electron chi connectivity index (χ0n) is 16.6. The van der Waals surface area contributed by atoms with Gasteiger partial charge in [-0.2, -0.15) is 0 Å². The van der Waals surface area contributed by atoms with Crippen molar-refractivity contribution in [3.05, 3.63) is 95.1 Å². The summed E-state index contributed by atoms with van der Waals surface area (Å²) >= 11 is 0. The fourth-order valence-corrected chi connectivity index (χ4v) is 6.51. The van der Waals surface area contributed by atoms with Gasteiger partial charge in [-0.15, -0.1) is 0 Å². The Kier molecular flexibility index (Phi) is 4.44. The lowest BCUT2D eigenvalue weighted by atomic mass is 9.75. The van der Waals surface area contributed by atoms with Crippen LogP contribution in [0.4, 0.5) is 0 Å². The average molecular weight is 401 g/mol. The van der Waals surface area contributed by atoms with Crippen LogP contribution in [0.15, 0.2) is 77.7 Å². The van der Waals surface area contributed by atoms with E-state index in [0.29, 0.717) is 15.7 Å². The minimum Gasteiger partial charge on any atom is -0.219 e. The Morgan fingerprint density at radius 1 is 0.828 bits per heavy atom. The molecule has 0 aliphatic heterocycles. The number of hydrogen-bond donors (Lipinski definition) is 0. The van der Waals surface area contributed by atoms with Crippen LogP contribution in [0, 0.1) is 0 Å². The Balaban J connectivity index is 1.72. The smallest absolute Gasteiger partial charge is 0.206 e. The number of sulfone groups is 1. The van der Waals surface area contributed by atoms with Gasteiger partial charge < -0.3 is 0 Å². The molecule has 2 aliphatic carbocycles. The van der Waals surface area contributed by atoms with E-state index in [1.54, 1.807) is 24.3 Å². The van der Waals surface area contributed by atoms with Gasteiger partial charge in [0, 0.05) is 0 Å². The molecule has 29 heavy (non-hydrogen) atoms. The average Bonchev–Trinajstić information content (AvgIpc) is 2.78. The molecular weight excluding hydrogens is 376 g/mol. The van der Waals surface area contributed by atoms with E-state index >= 15 is 0 Å². The number of benzene rings is 3. The van der Waals surface area contributed by atoms with Gasteiger partial charge in [0.1, 0.15) is 0 Å². The molecule has 0 heterocycles. The van der Waals surface area contributed by atoms with Gasteiger partial charge in [-0.3, -0.25) is 0 Å². The van der Waals surface area contributed by atoms with Gasteiger partial charge in [0.25, 0.3) is 0 Å². The Morgan fingerprint density at radius 3 is 2.34 bits per heavy atom. The van der Waals surface area contributed by atoms with E-state index in [2.05, 4.69) is 37.3 Å². The van der Waals surface area contributed by atoms with Crippen LogP contribution < -0.4 is 0 Å². The molecule has 0 saturated heterocycles. The molecule has 0 amide bonds. The van der Waals surface area contributed by atoms with E-state index in [9.17, 15) is 8.42 Å². The van der Waals surface area contributed by atoms with Crippen molar-refractivity contribution in [2.24, 2.45) is 0 Å². The number of rotatable bonds is 3. The van der Waals surface area contributed by atoms with Crippen LogP contribution in [0.2, 0.25) is 0 Å². The van der Waals surface area contributed by atoms with Crippen LogP contribution in [0.1, 0.15) is 47.9 Å². The van der Waals surface area contributed by atoms with E-state index in [1.165, 1.54) is 27.8 Å². The molecule has 0 bridgehead atoms. The summed E-state index contributed by atoms with van der Waals surface area (Å²) in [5.74, 6) is 0.375. The molecule has 0 radical (unpaired) electrons. The Hall–Kier alpha value is -2.65. The summed E-state index contributed by atoms with van der Waals surface area (Å²) in [6, 6.07) is 21.6. The SMILES string of the molecule is CCC1CC=C(S(=O)(=O)c2ccccc2)c2ccc3c(c21)CCc1ccccc1-3. The molecule has 5 rings (SSSR count). The molecule has 2 aliphatic rings. The predicted molar refractivity (Wildman–Crippen MR) is 119 cm³/mol. The monoisotopic (exact) mass is 400 g/mol. The van der Waals surface area contributed by atoms with E-state index in [0.717, 1.165) is 31.2 Å². The maximum Gasteiger partial charge on any atom is 0.206 e. The molecule has 0 aromatic heterocycles. The van der Waals surface area contributed by atoms with Gasteiger partial charge in [0.2, 0.25) is 9.84 Å². The first kappa shape index (κ1) is 18.4. The molecule has 0 N–H and O–H groups in total. The van der Waals surface area contributed by atoms with Gasteiger partial charge in [0.05, 0.1) is 9.80 Å². The molecule has 0 fully saturated rings. The number of aryl methyl sites for hydroxylation is 1. The predicted octanol–water partition coefficient (Wildman–Crippen LogP) is 6.16. The fourth-order valence-electron chi connectivity index (χ4n) is 4.96. The molecule has 2 nitrogen and oxygen atoms in total. The number of hydrogen-bond acceptors (Lipinski definition) is 2. The van der Waals surface area contributed by atoms with Crippen molar-refractivity contribution in [1.82, 2.24) is 0 Å². The van der Waals surface area contributed by atoms with Gasteiger partial charge in [-0.1, -0.05) is 67.6 Å². The van der Waals surface area contributed by atoms with E-state index in [-0.39, 0.29) is 0 Å². The van der Waals surface area contributed by atoms with Gasteiger partial charge >= 0.3 is 0 Å². The molecular formula is C26H24O2S. The molecule has 0 saturated carbocycles. The Labute approximate surface area is 172 Å². The summed E-state index contributed by atoms with van der Waals surface area (Å²) in [5, 5.41) is 0. The maximum atomic E-state index is 13.4. The van der Waals surface area contributed by atoms with Crippen LogP contribution in [0.5, 0.6) is 0 Å². The lowest BCUT2D eigenvalue weighted by Crippen LogP contribution is -2.17. The second-order valence-corrected chi connectivity index (χ2v) is 9.85. The normalized spacial score (nSPS) is 17.7. The quantitative estimate of drug-likeness (QED) is 0.527. The first-order chi connectivity index (χ1) is 14.1. The van der Waals surface area contributed by atoms with E-state index in [4.69, 9.17) is 0 Å².